The number of rotatable bonds is 8. The first-order chi connectivity index (χ1) is 11.1. The second-order valence-corrected chi connectivity index (χ2v) is 4.55. The molecule has 12 nitrogen and oxygen atoms in total. The van der Waals surface area contributed by atoms with E-state index in [0.717, 1.165) is 6.20 Å². The molecule has 0 saturated carbocycles. The number of amides is 2. The third-order valence-corrected chi connectivity index (χ3v) is 2.88. The van der Waals surface area contributed by atoms with Crippen molar-refractivity contribution in [3.63, 3.8) is 0 Å². The number of ketones is 1. The predicted molar refractivity (Wildman–Crippen MR) is 86.4 cm³/mol. The molecule has 1 aromatic rings. The number of carboxylic acid groups (broad SMARTS) is 1. The van der Waals surface area contributed by atoms with Gasteiger partial charge in [0.15, 0.2) is 0 Å². The summed E-state index contributed by atoms with van der Waals surface area (Å²) in [6.07, 6.45) is -0.0369. The Kier molecular flexibility index (Phi) is 7.99. The molecule has 1 aromatic heterocycles. The summed E-state index contributed by atoms with van der Waals surface area (Å²) in [5.41, 5.74) is 2.46. The lowest BCUT2D eigenvalue weighted by Gasteiger charge is -2.13. The van der Waals surface area contributed by atoms with Crippen molar-refractivity contribution in [3.8, 4) is 0 Å². The zero-order valence-corrected chi connectivity index (χ0v) is 13.5. The van der Waals surface area contributed by atoms with Crippen LogP contribution in [0.4, 0.5) is 5.69 Å². The van der Waals surface area contributed by atoms with E-state index in [2.05, 4.69) is 0 Å². The largest absolute Gasteiger partial charge is 0.480 e. The van der Waals surface area contributed by atoms with E-state index in [0.29, 0.717) is 6.07 Å². The number of nitrogens with one attached hydrogen (secondary N) is 2. The summed E-state index contributed by atoms with van der Waals surface area (Å²) in [4.78, 5) is 67.5. The molecule has 1 heterocycles. The summed E-state index contributed by atoms with van der Waals surface area (Å²) in [5.74, 6) is -4.75. The van der Waals surface area contributed by atoms with Gasteiger partial charge in [0.2, 0.25) is 5.78 Å². The zero-order valence-electron chi connectivity index (χ0n) is 12.5. The molecule has 136 valence electrons. The number of nitrogens with two attached hydrogens (primary N) is 1. The Morgan fingerprint density at radius 2 is 1.96 bits per heavy atom. The lowest BCUT2D eigenvalue weighted by molar-refractivity contribution is -0.386. The van der Waals surface area contributed by atoms with Crippen molar-refractivity contribution >= 4 is 42.7 Å². The van der Waals surface area contributed by atoms with Gasteiger partial charge in [0, 0.05) is 18.7 Å². The van der Waals surface area contributed by atoms with Gasteiger partial charge in [0.05, 0.1) is 10.5 Å². The van der Waals surface area contributed by atoms with Gasteiger partial charge in [-0.3, -0.25) is 29.3 Å². The number of primary amides is 1. The maximum Gasteiger partial charge on any atom is 0.334 e. The van der Waals surface area contributed by atoms with E-state index >= 15 is 0 Å². The number of carbonyl (C=O) groups excluding carboxylic acids is 3. The number of Topliss-reactive ketones (excluding diaryl/α,β-unsaturated/α-hetero) is 1. The van der Waals surface area contributed by atoms with Crippen LogP contribution in [0.25, 0.3) is 0 Å². The van der Waals surface area contributed by atoms with Crippen LogP contribution in [0.2, 0.25) is 0 Å². The van der Waals surface area contributed by atoms with Gasteiger partial charge in [-0.15, -0.1) is 0 Å². The van der Waals surface area contributed by atoms with E-state index in [1.54, 1.807) is 0 Å². The van der Waals surface area contributed by atoms with E-state index < -0.39 is 58.6 Å². The normalized spacial score (nSPS) is 10.9. The molecule has 0 radical (unpaired) electrons. The smallest absolute Gasteiger partial charge is 0.334 e. The number of hydrogen-bond donors (Lipinski definition) is 4. The van der Waals surface area contributed by atoms with E-state index in [1.807, 2.05) is 10.3 Å². The Balaban J connectivity index is 0.00000576. The minimum absolute atomic E-state index is 0. The van der Waals surface area contributed by atoms with Crippen LogP contribution in [0.15, 0.2) is 17.1 Å². The number of nitro groups is 1. The fourth-order valence-corrected chi connectivity index (χ4v) is 1.64. The average molecular weight is 374 g/mol. The molecule has 1 rings (SSSR count). The molecule has 0 aliphatic heterocycles. The third kappa shape index (κ3) is 6.06. The maximum atomic E-state index is 11.9. The van der Waals surface area contributed by atoms with Crippen LogP contribution < -0.4 is 16.6 Å². The van der Waals surface area contributed by atoms with Crippen molar-refractivity contribution in [2.75, 3.05) is 0 Å². The number of H-pyrrole nitrogens is 1. The van der Waals surface area contributed by atoms with Crippen molar-refractivity contribution < 1.29 is 29.2 Å². The summed E-state index contributed by atoms with van der Waals surface area (Å²) >= 11 is 0. The van der Waals surface area contributed by atoms with Gasteiger partial charge >= 0.3 is 17.2 Å². The van der Waals surface area contributed by atoms with Gasteiger partial charge in [0.1, 0.15) is 6.04 Å². The summed E-state index contributed by atoms with van der Waals surface area (Å²) in [6, 6.07) is -0.853. The van der Waals surface area contributed by atoms with Gasteiger partial charge in [-0.1, -0.05) is 0 Å². The van der Waals surface area contributed by atoms with Crippen LogP contribution in [-0.2, 0) is 14.4 Å². The first-order valence-corrected chi connectivity index (χ1v) is 6.37. The number of aromatic amines is 1. The third-order valence-electron chi connectivity index (χ3n) is 2.88. The maximum absolute atomic E-state index is 11.9. The van der Waals surface area contributed by atoms with Gasteiger partial charge in [-0.05, 0) is 6.42 Å². The summed E-state index contributed by atoms with van der Waals surface area (Å²) < 4.78 is 0. The predicted octanol–water partition coefficient (Wildman–Crippen LogP) is -1.59. The number of aliphatic carboxylic acids is 1. The van der Waals surface area contributed by atoms with Crippen LogP contribution in [-0.4, -0.2) is 44.6 Å². The van der Waals surface area contributed by atoms with Crippen LogP contribution in [0.3, 0.4) is 0 Å². The highest BCUT2D eigenvalue weighted by Gasteiger charge is 2.24. The first-order valence-electron chi connectivity index (χ1n) is 6.37. The lowest BCUT2D eigenvalue weighted by atomic mass is 10.1. The van der Waals surface area contributed by atoms with E-state index in [-0.39, 0.29) is 19.1 Å². The van der Waals surface area contributed by atoms with Gasteiger partial charge in [0.25, 0.3) is 11.8 Å². The van der Waals surface area contributed by atoms with E-state index in [1.165, 1.54) is 0 Å². The molecule has 13 heteroatoms. The number of nitrogens with zero attached hydrogens (tertiary/aromatic N) is 1. The quantitative estimate of drug-likeness (QED) is 0.237. The molecule has 0 spiro atoms. The van der Waals surface area contributed by atoms with Crippen LogP contribution >= 0.6 is 13.5 Å². The van der Waals surface area contributed by atoms with Gasteiger partial charge < -0.3 is 21.1 Å². The minimum atomic E-state index is -1.54. The molecule has 0 aromatic carbocycles. The molecule has 1 atom stereocenters. The summed E-state index contributed by atoms with van der Waals surface area (Å²) in [6.45, 7) is 0. The number of carbonyl (C=O) groups is 4. The Hall–Kier alpha value is -3.22. The van der Waals surface area contributed by atoms with Crippen molar-refractivity contribution in [3.05, 3.63) is 38.3 Å². The van der Waals surface area contributed by atoms with Crippen LogP contribution in [0, 0.1) is 10.1 Å². The number of carboxylic acids is 1. The molecule has 2 amide bonds. The fraction of sp³-hybridized carbons (Fsp3) is 0.250. The SMILES string of the molecule is NC(=O)C(=O)CCC(NC(=O)c1c[nH]c(=O)c([N+](=O)[O-])c1)C(=O)O.S. The van der Waals surface area contributed by atoms with Crippen molar-refractivity contribution in [2.45, 2.75) is 18.9 Å². The second kappa shape index (κ2) is 9.17. The first kappa shape index (κ1) is 21.8. The van der Waals surface area contributed by atoms with Gasteiger partial charge in [-0.25, -0.2) is 4.79 Å². The lowest BCUT2D eigenvalue weighted by Crippen LogP contribution is -2.41. The monoisotopic (exact) mass is 374 g/mol. The topological polar surface area (TPSA) is 203 Å². The standard InChI is InChI=1S/C12H12N4O8.H2S/c13-9(18)8(17)2-1-6(12(21)22)15-10(19)5-3-7(16(23)24)11(20)14-4-5;/h3-4,6H,1-2H2,(H2,13,18)(H,14,20)(H,15,19)(H,21,22);1H2. The minimum Gasteiger partial charge on any atom is -0.480 e. The Labute approximate surface area is 146 Å². The van der Waals surface area contributed by atoms with Crippen LogP contribution in [0.1, 0.15) is 23.2 Å². The Morgan fingerprint density at radius 1 is 1.36 bits per heavy atom. The van der Waals surface area contributed by atoms with Gasteiger partial charge in [-0.2, -0.15) is 13.5 Å². The molecule has 0 aliphatic rings. The molecular weight excluding hydrogens is 360 g/mol. The zero-order chi connectivity index (χ0) is 18.4. The molecule has 5 N–H and O–H groups in total. The fourth-order valence-electron chi connectivity index (χ4n) is 1.64. The highest BCUT2D eigenvalue weighted by molar-refractivity contribution is 7.59. The molecule has 0 aliphatic carbocycles. The van der Waals surface area contributed by atoms with Crippen LogP contribution in [0.5, 0.6) is 0 Å². The second-order valence-electron chi connectivity index (χ2n) is 4.55. The number of hydrogen-bond acceptors (Lipinski definition) is 7. The Morgan fingerprint density at radius 3 is 2.44 bits per heavy atom. The molecule has 0 fully saturated rings. The molecule has 0 saturated heterocycles. The van der Waals surface area contributed by atoms with Crippen molar-refractivity contribution in [2.24, 2.45) is 5.73 Å². The Bertz CT molecular complexity index is 775. The molecule has 25 heavy (non-hydrogen) atoms. The number of pyridine rings is 1. The van der Waals surface area contributed by atoms with Crippen molar-refractivity contribution in [1.29, 1.82) is 0 Å². The average Bonchev–Trinajstić information content (AvgIpc) is 2.50. The highest BCUT2D eigenvalue weighted by Crippen LogP contribution is 2.07. The molecule has 0 bridgehead atoms. The van der Waals surface area contributed by atoms with E-state index in [9.17, 15) is 34.1 Å². The summed E-state index contributed by atoms with van der Waals surface area (Å²) in [5, 5.41) is 21.7. The molecular formula is C12H14N4O8S. The summed E-state index contributed by atoms with van der Waals surface area (Å²) in [7, 11) is 0. The van der Waals surface area contributed by atoms with E-state index in [4.69, 9.17) is 10.8 Å². The molecule has 1 unspecified atom stereocenters. The number of aromatic nitrogens is 1. The van der Waals surface area contributed by atoms with Crippen molar-refractivity contribution in [1.82, 2.24) is 10.3 Å². The highest BCUT2D eigenvalue weighted by atomic mass is 32.1.